The highest BCUT2D eigenvalue weighted by atomic mass is 16.5. The van der Waals surface area contributed by atoms with Crippen LogP contribution in [0.2, 0.25) is 0 Å². The minimum Gasteiger partial charge on any atom is -0.491 e. The number of aliphatic hydroxyl groups is 1. The molecular formula is C32H36N4O4. The fourth-order valence-electron chi connectivity index (χ4n) is 5.72. The summed E-state index contributed by atoms with van der Waals surface area (Å²) in [5.41, 5.74) is 4.96. The summed E-state index contributed by atoms with van der Waals surface area (Å²) in [4.78, 5) is 21.8. The number of hydrogen-bond acceptors (Lipinski definition) is 7. The van der Waals surface area contributed by atoms with Crippen LogP contribution in [0.5, 0.6) is 5.75 Å². The molecule has 1 fully saturated rings. The zero-order valence-electron chi connectivity index (χ0n) is 22.7. The number of ether oxygens (including phenoxy) is 1. The number of nitrogens with zero attached hydrogens (tertiary/aromatic N) is 3. The molecule has 8 nitrogen and oxygen atoms in total. The van der Waals surface area contributed by atoms with Crippen molar-refractivity contribution < 1.29 is 19.1 Å². The molecule has 1 amide bonds. The molecule has 1 saturated heterocycles. The summed E-state index contributed by atoms with van der Waals surface area (Å²) in [5, 5.41) is 13.9. The number of hydrogen-bond donors (Lipinski definition) is 2. The number of piperazine rings is 1. The van der Waals surface area contributed by atoms with Gasteiger partial charge in [0.15, 0.2) is 5.58 Å². The lowest BCUT2D eigenvalue weighted by Gasteiger charge is -2.35. The molecule has 2 aliphatic rings. The van der Waals surface area contributed by atoms with Gasteiger partial charge in [-0.2, -0.15) is 0 Å². The van der Waals surface area contributed by atoms with Crippen LogP contribution in [-0.4, -0.2) is 77.8 Å². The largest absolute Gasteiger partial charge is 0.491 e. The Morgan fingerprint density at radius 1 is 1.02 bits per heavy atom. The van der Waals surface area contributed by atoms with Crippen molar-refractivity contribution in [2.45, 2.75) is 31.4 Å². The number of β-amino-alcohol motifs (C(OH)–C–C–N with tert-alkyl or cyclic N) is 1. The monoisotopic (exact) mass is 540 g/mol. The Bertz CT molecular complexity index is 1430. The molecule has 4 aromatic rings. The Kier molecular flexibility index (Phi) is 8.09. The maximum Gasteiger partial charge on any atom is 0.234 e. The lowest BCUT2D eigenvalue weighted by molar-refractivity contribution is -0.123. The molecule has 2 unspecified atom stereocenters. The molecule has 2 N–H and O–H groups in total. The standard InChI is InChI=1S/C32H36N4O4/c37-25(22-39-26-13-14-30-29(19-26)34-32(40-30)24-8-2-1-3-9-24)20-35-15-17-36(18-16-35)21-31(38)33-28-12-6-10-23-7-4-5-11-27(23)28/h1-5,7-9,11,13-14,19,25,28,37H,6,10,12,15-18,20-22H2,(H,33,38). The fraction of sp³-hybridized carbons (Fsp3) is 0.375. The van der Waals surface area contributed by atoms with Gasteiger partial charge in [-0.05, 0) is 54.7 Å². The number of nitrogens with one attached hydrogen (secondary N) is 1. The van der Waals surface area contributed by atoms with E-state index in [4.69, 9.17) is 9.15 Å². The Labute approximate surface area is 234 Å². The normalized spacial score (nSPS) is 18.8. The van der Waals surface area contributed by atoms with Crippen molar-refractivity contribution in [3.63, 3.8) is 0 Å². The fourth-order valence-corrected chi connectivity index (χ4v) is 5.72. The van der Waals surface area contributed by atoms with Crippen LogP contribution in [0.3, 0.4) is 0 Å². The third-order valence-corrected chi connectivity index (χ3v) is 7.83. The van der Waals surface area contributed by atoms with Crippen molar-refractivity contribution in [1.82, 2.24) is 20.1 Å². The van der Waals surface area contributed by atoms with E-state index in [9.17, 15) is 9.90 Å². The summed E-state index contributed by atoms with van der Waals surface area (Å²) in [7, 11) is 0. The molecule has 0 radical (unpaired) electrons. The van der Waals surface area contributed by atoms with Gasteiger partial charge in [-0.15, -0.1) is 0 Å². The number of oxazole rings is 1. The number of aliphatic hydroxyl groups excluding tert-OH is 1. The van der Waals surface area contributed by atoms with Gasteiger partial charge in [-0.3, -0.25) is 14.6 Å². The summed E-state index contributed by atoms with van der Waals surface area (Å²) in [6.07, 6.45) is 2.58. The van der Waals surface area contributed by atoms with Gasteiger partial charge in [0, 0.05) is 44.4 Å². The van der Waals surface area contributed by atoms with Crippen molar-refractivity contribution >= 4 is 17.0 Å². The van der Waals surface area contributed by atoms with E-state index in [1.54, 1.807) is 0 Å². The van der Waals surface area contributed by atoms with Crippen LogP contribution in [0.1, 0.15) is 30.0 Å². The lowest BCUT2D eigenvalue weighted by atomic mass is 9.88. The SMILES string of the molecule is O=C(CN1CCN(CC(O)COc2ccc3oc(-c4ccccc4)nc3c2)CC1)NC1CCCc2ccccc21. The van der Waals surface area contributed by atoms with Crippen molar-refractivity contribution in [1.29, 1.82) is 0 Å². The molecule has 0 bridgehead atoms. The van der Waals surface area contributed by atoms with Crippen LogP contribution >= 0.6 is 0 Å². The highest BCUT2D eigenvalue weighted by molar-refractivity contribution is 5.79. The van der Waals surface area contributed by atoms with Crippen molar-refractivity contribution in [2.75, 3.05) is 45.9 Å². The number of rotatable bonds is 9. The third kappa shape index (κ3) is 6.36. The van der Waals surface area contributed by atoms with Crippen LogP contribution < -0.4 is 10.1 Å². The summed E-state index contributed by atoms with van der Waals surface area (Å²) in [6.45, 7) is 4.36. The number of aromatic nitrogens is 1. The second kappa shape index (κ2) is 12.2. The maximum absolute atomic E-state index is 12.8. The molecule has 1 aromatic heterocycles. The Morgan fingerprint density at radius 3 is 2.65 bits per heavy atom. The van der Waals surface area contributed by atoms with Gasteiger partial charge in [-0.1, -0.05) is 42.5 Å². The van der Waals surface area contributed by atoms with Gasteiger partial charge >= 0.3 is 0 Å². The molecular weight excluding hydrogens is 504 g/mol. The summed E-state index contributed by atoms with van der Waals surface area (Å²) >= 11 is 0. The van der Waals surface area contributed by atoms with E-state index in [2.05, 4.69) is 44.4 Å². The quantitative estimate of drug-likeness (QED) is 0.331. The second-order valence-corrected chi connectivity index (χ2v) is 10.8. The molecule has 40 heavy (non-hydrogen) atoms. The topological polar surface area (TPSA) is 91.1 Å². The van der Waals surface area contributed by atoms with E-state index < -0.39 is 6.10 Å². The average Bonchev–Trinajstić information content (AvgIpc) is 3.41. The summed E-state index contributed by atoms with van der Waals surface area (Å²) < 4.78 is 11.7. The number of amides is 1. The Balaban J connectivity index is 0.932. The zero-order chi connectivity index (χ0) is 27.3. The van der Waals surface area contributed by atoms with Crippen LogP contribution in [0.4, 0.5) is 0 Å². The van der Waals surface area contributed by atoms with Crippen LogP contribution in [0.15, 0.2) is 77.2 Å². The first-order valence-corrected chi connectivity index (χ1v) is 14.2. The van der Waals surface area contributed by atoms with E-state index >= 15 is 0 Å². The molecule has 1 aliphatic carbocycles. The van der Waals surface area contributed by atoms with Gasteiger partial charge in [0.25, 0.3) is 0 Å². The van der Waals surface area contributed by atoms with Crippen LogP contribution in [0, 0.1) is 0 Å². The third-order valence-electron chi connectivity index (χ3n) is 7.83. The molecule has 208 valence electrons. The van der Waals surface area contributed by atoms with E-state index in [-0.39, 0.29) is 18.6 Å². The number of carbonyl (C=O) groups excluding carboxylic acids is 1. The van der Waals surface area contributed by atoms with E-state index in [1.807, 2.05) is 48.5 Å². The predicted octanol–water partition coefficient (Wildman–Crippen LogP) is 4.05. The first-order valence-electron chi connectivity index (χ1n) is 14.2. The van der Waals surface area contributed by atoms with Crippen molar-refractivity contribution in [3.8, 4) is 17.2 Å². The smallest absolute Gasteiger partial charge is 0.234 e. The Hall–Kier alpha value is -3.72. The van der Waals surface area contributed by atoms with E-state index in [0.29, 0.717) is 30.3 Å². The highest BCUT2D eigenvalue weighted by Gasteiger charge is 2.24. The van der Waals surface area contributed by atoms with E-state index in [1.165, 1.54) is 11.1 Å². The maximum atomic E-state index is 12.8. The van der Waals surface area contributed by atoms with Crippen LogP contribution in [-0.2, 0) is 11.2 Å². The highest BCUT2D eigenvalue weighted by Crippen LogP contribution is 2.29. The molecule has 3 aromatic carbocycles. The number of carbonyl (C=O) groups is 1. The van der Waals surface area contributed by atoms with E-state index in [0.717, 1.165) is 56.5 Å². The van der Waals surface area contributed by atoms with Crippen molar-refractivity contribution in [2.24, 2.45) is 0 Å². The average molecular weight is 541 g/mol. The number of benzene rings is 3. The minimum absolute atomic E-state index is 0.0866. The van der Waals surface area contributed by atoms with Crippen molar-refractivity contribution in [3.05, 3.63) is 83.9 Å². The lowest BCUT2D eigenvalue weighted by Crippen LogP contribution is -2.51. The summed E-state index contributed by atoms with van der Waals surface area (Å²) in [5.74, 6) is 1.31. The van der Waals surface area contributed by atoms with Gasteiger partial charge < -0.3 is 19.6 Å². The van der Waals surface area contributed by atoms with Gasteiger partial charge in [-0.25, -0.2) is 4.98 Å². The zero-order valence-corrected chi connectivity index (χ0v) is 22.7. The second-order valence-electron chi connectivity index (χ2n) is 10.8. The molecule has 0 saturated carbocycles. The summed E-state index contributed by atoms with van der Waals surface area (Å²) in [6, 6.07) is 23.9. The predicted molar refractivity (Wildman–Crippen MR) is 154 cm³/mol. The molecule has 2 heterocycles. The minimum atomic E-state index is -0.617. The first kappa shape index (κ1) is 26.5. The number of fused-ring (bicyclic) bond motifs is 2. The van der Waals surface area contributed by atoms with Crippen LogP contribution in [0.25, 0.3) is 22.6 Å². The molecule has 8 heteroatoms. The Morgan fingerprint density at radius 2 is 1.80 bits per heavy atom. The first-order chi connectivity index (χ1) is 19.6. The van der Waals surface area contributed by atoms with Gasteiger partial charge in [0.05, 0.1) is 12.6 Å². The molecule has 1 aliphatic heterocycles. The number of aryl methyl sites for hydroxylation is 1. The molecule has 0 spiro atoms. The van der Waals surface area contributed by atoms with Gasteiger partial charge in [0.2, 0.25) is 11.8 Å². The molecule has 6 rings (SSSR count). The molecule has 2 atom stereocenters. The van der Waals surface area contributed by atoms with Gasteiger partial charge in [0.1, 0.15) is 24.0 Å².